The van der Waals surface area contributed by atoms with E-state index in [-0.39, 0.29) is 30.0 Å². The number of hydrogen-bond donors (Lipinski definition) is 0. The topological polar surface area (TPSA) is 127 Å². The van der Waals surface area contributed by atoms with Gasteiger partial charge in [0.05, 0.1) is 16.9 Å². The lowest BCUT2D eigenvalue weighted by Gasteiger charge is -2.35. The van der Waals surface area contributed by atoms with Gasteiger partial charge in [-0.2, -0.15) is 0 Å². The largest absolute Gasteiger partial charge is 0.456 e. The summed E-state index contributed by atoms with van der Waals surface area (Å²) in [6, 6.07) is 13.2. The third-order valence-corrected chi connectivity index (χ3v) is 5.36. The van der Waals surface area contributed by atoms with E-state index in [2.05, 4.69) is 0 Å². The van der Waals surface area contributed by atoms with Gasteiger partial charge in [-0.05, 0) is 32.4 Å². The summed E-state index contributed by atoms with van der Waals surface area (Å²) in [6.45, 7) is 5.15. The molecule has 0 spiro atoms. The molecule has 2 aromatic rings. The van der Waals surface area contributed by atoms with Crippen molar-refractivity contribution in [1.29, 1.82) is 0 Å². The number of fused-ring (bicyclic) bond motifs is 1. The lowest BCUT2D eigenvalue weighted by molar-refractivity contribution is -0.385. The van der Waals surface area contributed by atoms with Gasteiger partial charge in [-0.15, -0.1) is 0 Å². The number of nitro groups is 1. The van der Waals surface area contributed by atoms with E-state index < -0.39 is 40.5 Å². The normalized spacial score (nSPS) is 13.0. The lowest BCUT2D eigenvalue weighted by Crippen LogP contribution is -2.47. The Bertz CT molecular complexity index is 1140. The van der Waals surface area contributed by atoms with Crippen LogP contribution < -0.4 is 0 Å². The maximum Gasteiger partial charge on any atom is 0.308 e. The van der Waals surface area contributed by atoms with Crippen molar-refractivity contribution in [2.45, 2.75) is 39.3 Å². The van der Waals surface area contributed by atoms with Gasteiger partial charge in [-0.25, -0.2) is 0 Å². The molecule has 2 aromatic carbocycles. The van der Waals surface area contributed by atoms with Gasteiger partial charge in [0.15, 0.2) is 6.61 Å². The van der Waals surface area contributed by atoms with Crippen LogP contribution in [-0.4, -0.2) is 57.1 Å². The Balaban J connectivity index is 1.58. The van der Waals surface area contributed by atoms with Crippen molar-refractivity contribution >= 4 is 29.4 Å². The fraction of sp³-hybridized carbons (Fsp3) is 0.333. The van der Waals surface area contributed by atoms with Gasteiger partial charge in [0.2, 0.25) is 0 Å². The molecule has 0 unspecified atom stereocenters. The molecule has 0 aromatic heterocycles. The molecule has 178 valence electrons. The molecular weight excluding hydrogens is 442 g/mol. The minimum atomic E-state index is -0.835. The highest BCUT2D eigenvalue weighted by molar-refractivity contribution is 6.23. The van der Waals surface area contributed by atoms with Crippen molar-refractivity contribution in [3.63, 3.8) is 0 Å². The smallest absolute Gasteiger partial charge is 0.308 e. The van der Waals surface area contributed by atoms with Gasteiger partial charge >= 0.3 is 5.97 Å². The molecule has 0 atom stereocenters. The fourth-order valence-electron chi connectivity index (χ4n) is 3.63. The van der Waals surface area contributed by atoms with Crippen molar-refractivity contribution in [3.05, 3.63) is 75.3 Å². The molecule has 1 heterocycles. The van der Waals surface area contributed by atoms with E-state index >= 15 is 0 Å². The van der Waals surface area contributed by atoms with E-state index in [0.29, 0.717) is 6.54 Å². The van der Waals surface area contributed by atoms with Crippen molar-refractivity contribution in [2.24, 2.45) is 0 Å². The summed E-state index contributed by atoms with van der Waals surface area (Å²) in [6.07, 6.45) is -0.346. The average Bonchev–Trinajstić information content (AvgIpc) is 3.04. The monoisotopic (exact) mass is 467 g/mol. The van der Waals surface area contributed by atoms with Gasteiger partial charge in [-0.3, -0.25) is 34.2 Å². The fourth-order valence-corrected chi connectivity index (χ4v) is 3.63. The van der Waals surface area contributed by atoms with Gasteiger partial charge in [0.1, 0.15) is 5.56 Å². The molecule has 10 heteroatoms. The van der Waals surface area contributed by atoms with Crippen LogP contribution in [0.1, 0.15) is 53.5 Å². The quantitative estimate of drug-likeness (QED) is 0.253. The zero-order chi connectivity index (χ0) is 25.0. The van der Waals surface area contributed by atoms with Crippen LogP contribution in [0.15, 0.2) is 48.5 Å². The summed E-state index contributed by atoms with van der Waals surface area (Å²) in [5, 5.41) is 11.2. The van der Waals surface area contributed by atoms with Crippen LogP contribution >= 0.6 is 0 Å². The third-order valence-electron chi connectivity index (χ3n) is 5.36. The van der Waals surface area contributed by atoms with Crippen LogP contribution in [0.25, 0.3) is 0 Å². The second kappa shape index (κ2) is 9.82. The number of rotatable bonds is 8. The van der Waals surface area contributed by atoms with E-state index in [9.17, 15) is 29.3 Å². The molecule has 0 saturated carbocycles. The number of amides is 3. The summed E-state index contributed by atoms with van der Waals surface area (Å²) in [7, 11) is 0. The number of esters is 1. The van der Waals surface area contributed by atoms with E-state index in [1.165, 1.54) is 12.1 Å². The number of nitrogens with zero attached hydrogens (tertiary/aromatic N) is 3. The van der Waals surface area contributed by atoms with E-state index in [4.69, 9.17) is 4.74 Å². The Labute approximate surface area is 196 Å². The third kappa shape index (κ3) is 5.28. The molecule has 0 radical (unpaired) electrons. The highest BCUT2D eigenvalue weighted by atomic mass is 16.6. The first kappa shape index (κ1) is 24.6. The Morgan fingerprint density at radius 1 is 1.03 bits per heavy atom. The summed E-state index contributed by atoms with van der Waals surface area (Å²) < 4.78 is 5.10. The van der Waals surface area contributed by atoms with Crippen molar-refractivity contribution in [2.75, 3.05) is 13.2 Å². The van der Waals surface area contributed by atoms with Crippen LogP contribution in [0.5, 0.6) is 0 Å². The molecule has 34 heavy (non-hydrogen) atoms. The molecule has 3 amide bonds. The molecule has 0 fully saturated rings. The zero-order valence-electron chi connectivity index (χ0n) is 19.1. The SMILES string of the molecule is CC(C)(C)N(Cc1ccccc1)C(=O)COC(=O)CCN1C(=O)c2cccc([N+](=O)[O-])c2C1=O. The van der Waals surface area contributed by atoms with Crippen molar-refractivity contribution in [1.82, 2.24) is 9.80 Å². The van der Waals surface area contributed by atoms with Gasteiger partial charge < -0.3 is 9.64 Å². The van der Waals surface area contributed by atoms with E-state index in [1.54, 1.807) is 4.90 Å². The number of imide groups is 1. The Kier molecular flexibility index (Phi) is 7.09. The number of nitro benzene ring substituents is 1. The minimum absolute atomic E-state index is 0.0792. The second-order valence-corrected chi connectivity index (χ2v) is 8.77. The number of benzene rings is 2. The molecular formula is C24H25N3O7. The molecule has 0 bridgehead atoms. The zero-order valence-corrected chi connectivity index (χ0v) is 19.1. The average molecular weight is 467 g/mol. The van der Waals surface area contributed by atoms with Crippen LogP contribution in [0.2, 0.25) is 0 Å². The maximum atomic E-state index is 12.8. The van der Waals surface area contributed by atoms with Crippen molar-refractivity contribution in [3.8, 4) is 0 Å². The predicted molar refractivity (Wildman–Crippen MR) is 121 cm³/mol. The standard InChI is InChI=1S/C24H25N3O7/c1-24(2,3)26(14-16-8-5-4-6-9-16)19(28)15-34-20(29)12-13-25-22(30)17-10-7-11-18(27(32)33)21(17)23(25)31/h4-11H,12-15H2,1-3H3. The summed E-state index contributed by atoms with van der Waals surface area (Å²) >= 11 is 0. The van der Waals surface area contributed by atoms with Crippen LogP contribution in [-0.2, 0) is 20.9 Å². The molecule has 0 N–H and O–H groups in total. The second-order valence-electron chi connectivity index (χ2n) is 8.77. The van der Waals surface area contributed by atoms with Crippen LogP contribution in [0.4, 0.5) is 5.69 Å². The number of hydrogen-bond acceptors (Lipinski definition) is 7. The molecule has 10 nitrogen and oxygen atoms in total. The molecule has 0 aliphatic carbocycles. The highest BCUT2D eigenvalue weighted by Crippen LogP contribution is 2.30. The van der Waals surface area contributed by atoms with Gasteiger partial charge in [0.25, 0.3) is 23.4 Å². The first-order chi connectivity index (χ1) is 16.0. The van der Waals surface area contributed by atoms with Gasteiger partial charge in [0, 0.05) is 24.7 Å². The molecule has 1 aliphatic rings. The van der Waals surface area contributed by atoms with Gasteiger partial charge in [-0.1, -0.05) is 36.4 Å². The molecule has 1 aliphatic heterocycles. The Morgan fingerprint density at radius 3 is 2.32 bits per heavy atom. The Hall–Kier alpha value is -4.08. The lowest BCUT2D eigenvalue weighted by atomic mass is 10.0. The van der Waals surface area contributed by atoms with E-state index in [1.807, 2.05) is 51.1 Å². The Morgan fingerprint density at radius 2 is 1.71 bits per heavy atom. The summed E-state index contributed by atoms with van der Waals surface area (Å²) in [4.78, 5) is 62.9. The first-order valence-corrected chi connectivity index (χ1v) is 10.6. The molecule has 0 saturated heterocycles. The minimum Gasteiger partial charge on any atom is -0.456 e. The molecule has 3 rings (SSSR count). The van der Waals surface area contributed by atoms with Crippen LogP contribution in [0, 0.1) is 10.1 Å². The van der Waals surface area contributed by atoms with Crippen molar-refractivity contribution < 1.29 is 28.8 Å². The first-order valence-electron chi connectivity index (χ1n) is 10.6. The predicted octanol–water partition coefficient (Wildman–Crippen LogP) is 2.95. The van der Waals surface area contributed by atoms with E-state index in [0.717, 1.165) is 16.5 Å². The summed E-state index contributed by atoms with van der Waals surface area (Å²) in [5.74, 6) is -2.71. The summed E-state index contributed by atoms with van der Waals surface area (Å²) in [5.41, 5.74) is -0.426. The number of ether oxygens (including phenoxy) is 1. The van der Waals surface area contributed by atoms with Crippen LogP contribution in [0.3, 0.4) is 0 Å². The number of carbonyl (C=O) groups is 4. The highest BCUT2D eigenvalue weighted by Gasteiger charge is 2.41. The maximum absolute atomic E-state index is 12.8. The number of carbonyl (C=O) groups excluding carboxylic acids is 4.